The molecule has 1 aliphatic heterocycles. The van der Waals surface area contributed by atoms with Gasteiger partial charge in [0.15, 0.2) is 0 Å². The highest BCUT2D eigenvalue weighted by Gasteiger charge is 2.21. The third-order valence-electron chi connectivity index (χ3n) is 4.66. The first kappa shape index (κ1) is 15.1. The molecule has 1 aliphatic rings. The molecule has 2 nitrogen and oxygen atoms in total. The van der Waals surface area contributed by atoms with Gasteiger partial charge in [-0.3, -0.25) is 4.99 Å². The quantitative estimate of drug-likeness (QED) is 0.598. The molecule has 2 aromatic carbocycles. The van der Waals surface area contributed by atoms with Crippen molar-refractivity contribution in [3.8, 4) is 5.69 Å². The Labute approximate surface area is 139 Å². The van der Waals surface area contributed by atoms with Gasteiger partial charge >= 0.3 is 0 Å². The number of benzene rings is 2. The number of hydrogen-bond donors (Lipinski definition) is 0. The maximum atomic E-state index is 14.0. The predicted molar refractivity (Wildman–Crippen MR) is 93.4 cm³/mol. The third kappa shape index (κ3) is 2.17. The molecule has 0 atom stereocenters. The van der Waals surface area contributed by atoms with Gasteiger partial charge in [-0.1, -0.05) is 13.8 Å². The molecule has 0 amide bonds. The van der Waals surface area contributed by atoms with Crippen LogP contribution >= 0.6 is 0 Å². The van der Waals surface area contributed by atoms with E-state index in [-0.39, 0.29) is 11.7 Å². The van der Waals surface area contributed by atoms with Gasteiger partial charge in [0.1, 0.15) is 5.82 Å². The van der Waals surface area contributed by atoms with Crippen LogP contribution in [0.15, 0.2) is 41.4 Å². The monoisotopic (exact) mass is 324 g/mol. The van der Waals surface area contributed by atoms with Gasteiger partial charge in [-0.05, 0) is 60.4 Å². The molecule has 0 aliphatic carbocycles. The molecule has 4 rings (SSSR count). The fourth-order valence-corrected chi connectivity index (χ4v) is 3.37. The maximum absolute atomic E-state index is 14.0. The lowest BCUT2D eigenvalue weighted by molar-refractivity contribution is 0.618. The van der Waals surface area contributed by atoms with Crippen LogP contribution < -0.4 is 0 Å². The fraction of sp³-hybridized carbons (Fsp3) is 0.250. The number of nitrogens with zero attached hydrogens (tertiary/aromatic N) is 2. The molecule has 4 heteroatoms. The number of hydrogen-bond acceptors (Lipinski definition) is 1. The molecule has 0 saturated carbocycles. The summed E-state index contributed by atoms with van der Waals surface area (Å²) >= 11 is 0. The van der Waals surface area contributed by atoms with Crippen LogP contribution in [0.25, 0.3) is 16.6 Å². The fourth-order valence-electron chi connectivity index (χ4n) is 3.37. The van der Waals surface area contributed by atoms with Gasteiger partial charge in [-0.15, -0.1) is 0 Å². The Bertz CT molecular complexity index is 997. The molecule has 2 heterocycles. The summed E-state index contributed by atoms with van der Waals surface area (Å²) in [6, 6.07) is 11.1. The van der Waals surface area contributed by atoms with Gasteiger partial charge in [0.05, 0.1) is 12.1 Å². The van der Waals surface area contributed by atoms with E-state index in [2.05, 4.69) is 29.5 Å². The molecule has 3 aromatic rings. The number of fused-ring (bicyclic) bond motifs is 2. The topological polar surface area (TPSA) is 17.3 Å². The lowest BCUT2D eigenvalue weighted by Gasteiger charge is -2.14. The molecule has 1 aromatic heterocycles. The van der Waals surface area contributed by atoms with E-state index in [1.165, 1.54) is 6.07 Å². The van der Waals surface area contributed by atoms with Gasteiger partial charge in [0.2, 0.25) is 5.97 Å². The van der Waals surface area contributed by atoms with Crippen LogP contribution in [0.2, 0.25) is 0 Å². The Kier molecular flexibility index (Phi) is 3.30. The van der Waals surface area contributed by atoms with Crippen molar-refractivity contribution in [1.82, 2.24) is 4.57 Å². The van der Waals surface area contributed by atoms with E-state index in [4.69, 9.17) is 0 Å². The van der Waals surface area contributed by atoms with E-state index < -0.39 is 5.97 Å². The molecule has 0 unspecified atom stereocenters. The van der Waals surface area contributed by atoms with E-state index in [1.807, 2.05) is 18.2 Å². The second kappa shape index (κ2) is 5.26. The smallest absolute Gasteiger partial charge is 0.216 e. The Morgan fingerprint density at radius 2 is 1.88 bits per heavy atom. The van der Waals surface area contributed by atoms with Crippen molar-refractivity contribution < 1.29 is 8.78 Å². The Morgan fingerprint density at radius 3 is 2.58 bits per heavy atom. The Morgan fingerprint density at radius 1 is 1.08 bits per heavy atom. The van der Waals surface area contributed by atoms with Crippen molar-refractivity contribution in [3.05, 3.63) is 64.6 Å². The first-order valence-corrected chi connectivity index (χ1v) is 8.11. The Balaban J connectivity index is 2.04. The number of rotatable bonds is 2. The summed E-state index contributed by atoms with van der Waals surface area (Å²) in [6.07, 6.45) is 0. The van der Waals surface area contributed by atoms with E-state index >= 15 is 0 Å². The molecule has 0 saturated heterocycles. The normalized spacial score (nSPS) is 13.7. The highest BCUT2D eigenvalue weighted by atomic mass is 19.1. The van der Waals surface area contributed by atoms with Gasteiger partial charge in [-0.2, -0.15) is 4.39 Å². The molecule has 122 valence electrons. The van der Waals surface area contributed by atoms with Crippen LogP contribution in [-0.4, -0.2) is 10.5 Å². The van der Waals surface area contributed by atoms with Crippen molar-refractivity contribution in [2.24, 2.45) is 4.99 Å². The summed E-state index contributed by atoms with van der Waals surface area (Å²) in [6.45, 7) is 6.40. The molecular formula is C20H18F2N2. The van der Waals surface area contributed by atoms with Gasteiger partial charge in [-0.25, -0.2) is 4.39 Å². The minimum atomic E-state index is -0.402. The summed E-state index contributed by atoms with van der Waals surface area (Å²) in [5.74, 6) is -0.336. The maximum Gasteiger partial charge on any atom is 0.216 e. The van der Waals surface area contributed by atoms with E-state index in [0.717, 1.165) is 27.8 Å². The molecule has 0 spiro atoms. The molecular weight excluding hydrogens is 306 g/mol. The van der Waals surface area contributed by atoms with Crippen LogP contribution in [-0.2, 0) is 6.54 Å². The molecule has 0 N–H and O–H groups in total. The summed E-state index contributed by atoms with van der Waals surface area (Å²) in [4.78, 5) is 3.88. The number of aromatic nitrogens is 1. The number of halogens is 2. The van der Waals surface area contributed by atoms with E-state index in [1.54, 1.807) is 13.0 Å². The summed E-state index contributed by atoms with van der Waals surface area (Å²) in [7, 11) is 0. The lowest BCUT2D eigenvalue weighted by atomic mass is 10.1. The standard InChI is InChI=1S/C20H18F2N2/c1-11(2)18-8-13-7-14-10-23-20(22)16(14)9-19(13)24(18)15-4-5-17(21)12(3)6-15/h4-9,11H,10H2,1-3H3. The van der Waals surface area contributed by atoms with Crippen LogP contribution in [0.5, 0.6) is 0 Å². The molecule has 0 fully saturated rings. The van der Waals surface area contributed by atoms with Crippen LogP contribution in [0.3, 0.4) is 0 Å². The molecule has 0 bridgehead atoms. The summed E-state index contributed by atoms with van der Waals surface area (Å²) in [5.41, 5.74) is 5.02. The molecule has 24 heavy (non-hydrogen) atoms. The van der Waals surface area contributed by atoms with Crippen LogP contribution in [0.1, 0.15) is 42.1 Å². The second-order valence-electron chi connectivity index (χ2n) is 6.67. The lowest BCUT2D eigenvalue weighted by Crippen LogP contribution is -2.03. The minimum absolute atomic E-state index is 0.222. The van der Waals surface area contributed by atoms with Crippen LogP contribution in [0, 0.1) is 12.7 Å². The Hall–Kier alpha value is -2.49. The zero-order chi connectivity index (χ0) is 17.0. The average Bonchev–Trinajstić information content (AvgIpc) is 3.09. The van der Waals surface area contributed by atoms with Crippen LogP contribution in [0.4, 0.5) is 8.78 Å². The van der Waals surface area contributed by atoms with Gasteiger partial charge in [0, 0.05) is 22.3 Å². The second-order valence-corrected chi connectivity index (χ2v) is 6.67. The zero-order valence-corrected chi connectivity index (χ0v) is 13.9. The first-order valence-electron chi connectivity index (χ1n) is 8.11. The average molecular weight is 324 g/mol. The van der Waals surface area contributed by atoms with Crippen molar-refractivity contribution >= 4 is 16.9 Å². The summed E-state index contributed by atoms with van der Waals surface area (Å²) in [5, 5.41) is 1.06. The van der Waals surface area contributed by atoms with Crippen molar-refractivity contribution in [1.29, 1.82) is 0 Å². The van der Waals surface area contributed by atoms with Gasteiger partial charge < -0.3 is 4.57 Å². The van der Waals surface area contributed by atoms with Crippen molar-refractivity contribution in [2.75, 3.05) is 0 Å². The SMILES string of the molecule is Cc1cc(-n2c(C(C)C)cc3cc4c(cc32)C(F)=NC4)ccc1F. The largest absolute Gasteiger partial charge is 0.313 e. The van der Waals surface area contributed by atoms with E-state index in [0.29, 0.717) is 17.7 Å². The zero-order valence-electron chi connectivity index (χ0n) is 13.9. The highest BCUT2D eigenvalue weighted by molar-refractivity contribution is 6.01. The first-order chi connectivity index (χ1) is 11.5. The summed E-state index contributed by atoms with van der Waals surface area (Å²) < 4.78 is 29.7. The van der Waals surface area contributed by atoms with Gasteiger partial charge in [0.25, 0.3) is 0 Å². The predicted octanol–water partition coefficient (Wildman–Crippen LogP) is 5.43. The van der Waals surface area contributed by atoms with Crippen molar-refractivity contribution in [3.63, 3.8) is 0 Å². The van der Waals surface area contributed by atoms with Crippen molar-refractivity contribution in [2.45, 2.75) is 33.2 Å². The van der Waals surface area contributed by atoms with E-state index in [9.17, 15) is 8.78 Å². The number of aryl methyl sites for hydroxylation is 1. The highest BCUT2D eigenvalue weighted by Crippen LogP contribution is 2.33. The third-order valence-corrected chi connectivity index (χ3v) is 4.66. The minimum Gasteiger partial charge on any atom is -0.313 e. The number of aliphatic imine (C=N–C) groups is 1. The molecule has 0 radical (unpaired) electrons.